The average Bonchev–Trinajstić information content (AvgIpc) is 3.24. The zero-order chi connectivity index (χ0) is 18.9. The van der Waals surface area contributed by atoms with Gasteiger partial charge in [0.1, 0.15) is 23.6 Å². The maximum absolute atomic E-state index is 13.1. The lowest BCUT2D eigenvalue weighted by atomic mass is 9.80. The van der Waals surface area contributed by atoms with Crippen LogP contribution in [-0.4, -0.2) is 36.6 Å². The van der Waals surface area contributed by atoms with Gasteiger partial charge in [-0.15, -0.1) is 11.3 Å². The van der Waals surface area contributed by atoms with Crippen molar-refractivity contribution >= 4 is 23.3 Å². The summed E-state index contributed by atoms with van der Waals surface area (Å²) in [7, 11) is 0. The van der Waals surface area contributed by atoms with Crippen molar-refractivity contribution in [2.75, 3.05) is 19.8 Å². The fourth-order valence-electron chi connectivity index (χ4n) is 3.80. The van der Waals surface area contributed by atoms with Gasteiger partial charge in [0, 0.05) is 10.4 Å². The molecule has 1 spiro atoms. The zero-order valence-electron chi connectivity index (χ0n) is 15.2. The van der Waals surface area contributed by atoms with Crippen LogP contribution in [0.4, 0.5) is 4.79 Å². The number of carbonyl (C=O) groups is 2. The Morgan fingerprint density at radius 3 is 2.63 bits per heavy atom. The summed E-state index contributed by atoms with van der Waals surface area (Å²) in [6.07, 6.45) is 2.52. The number of imide groups is 1. The van der Waals surface area contributed by atoms with Crippen molar-refractivity contribution in [1.29, 1.82) is 0 Å². The van der Waals surface area contributed by atoms with Crippen LogP contribution in [0.5, 0.6) is 11.5 Å². The number of nitrogens with one attached hydrogen (secondary N) is 1. The van der Waals surface area contributed by atoms with Crippen LogP contribution >= 0.6 is 11.3 Å². The molecule has 3 amide bonds. The van der Waals surface area contributed by atoms with Crippen LogP contribution in [0.2, 0.25) is 0 Å². The number of nitrogens with zero attached hydrogens (tertiary/aromatic N) is 1. The van der Waals surface area contributed by atoms with E-state index in [1.165, 1.54) is 9.78 Å². The molecule has 1 N–H and O–H groups in total. The molecule has 0 saturated carbocycles. The second kappa shape index (κ2) is 7.23. The van der Waals surface area contributed by atoms with Crippen LogP contribution in [0, 0.1) is 0 Å². The van der Waals surface area contributed by atoms with E-state index >= 15 is 0 Å². The molecule has 142 valence electrons. The molecule has 2 aromatic rings. The highest BCUT2D eigenvalue weighted by Gasteiger charge is 2.54. The summed E-state index contributed by atoms with van der Waals surface area (Å²) in [5.41, 5.74) is 0.0797. The molecule has 4 rings (SSSR count). The lowest BCUT2D eigenvalue weighted by Crippen LogP contribution is -2.46. The van der Waals surface area contributed by atoms with Crippen LogP contribution in [0.25, 0.3) is 0 Å². The first-order valence-electron chi connectivity index (χ1n) is 9.20. The van der Waals surface area contributed by atoms with Crippen LogP contribution in [0.1, 0.15) is 30.2 Å². The van der Waals surface area contributed by atoms with Crippen molar-refractivity contribution in [3.63, 3.8) is 0 Å². The Morgan fingerprint density at radius 2 is 1.89 bits per heavy atom. The smallest absolute Gasteiger partial charge is 0.325 e. The van der Waals surface area contributed by atoms with Gasteiger partial charge in [-0.25, -0.2) is 4.79 Å². The van der Waals surface area contributed by atoms with E-state index in [9.17, 15) is 9.59 Å². The molecular weight excluding hydrogens is 364 g/mol. The molecule has 1 aliphatic heterocycles. The second-order valence-electron chi connectivity index (χ2n) is 6.66. The summed E-state index contributed by atoms with van der Waals surface area (Å²) in [4.78, 5) is 28.0. The summed E-state index contributed by atoms with van der Waals surface area (Å²) in [5, 5.41) is 4.95. The summed E-state index contributed by atoms with van der Waals surface area (Å²) in [6, 6.07) is 8.93. The van der Waals surface area contributed by atoms with Gasteiger partial charge in [0.05, 0.1) is 13.2 Å². The summed E-state index contributed by atoms with van der Waals surface area (Å²) in [5.74, 6) is 1.30. The van der Waals surface area contributed by atoms with E-state index in [1.54, 1.807) is 11.3 Å². The van der Waals surface area contributed by atoms with Gasteiger partial charge in [-0.1, -0.05) is 0 Å². The van der Waals surface area contributed by atoms with Crippen molar-refractivity contribution in [2.45, 2.75) is 31.7 Å². The lowest BCUT2D eigenvalue weighted by Gasteiger charge is -2.31. The van der Waals surface area contributed by atoms with E-state index in [0.717, 1.165) is 24.2 Å². The first-order valence-corrected chi connectivity index (χ1v) is 10.1. The van der Waals surface area contributed by atoms with E-state index in [2.05, 4.69) is 5.32 Å². The summed E-state index contributed by atoms with van der Waals surface area (Å²) < 4.78 is 11.1. The molecule has 7 heteroatoms. The van der Waals surface area contributed by atoms with E-state index in [0.29, 0.717) is 18.8 Å². The average molecular weight is 386 g/mol. The third-order valence-corrected chi connectivity index (χ3v) is 6.04. The minimum atomic E-state index is -0.885. The molecule has 1 aromatic heterocycles. The van der Waals surface area contributed by atoms with Crippen molar-refractivity contribution in [3.05, 3.63) is 46.2 Å². The summed E-state index contributed by atoms with van der Waals surface area (Å²) in [6.45, 7) is 3.01. The number of rotatable bonds is 6. The number of aryl methyl sites for hydroxylation is 1. The number of amides is 3. The lowest BCUT2D eigenvalue weighted by molar-refractivity contribution is -0.132. The van der Waals surface area contributed by atoms with Crippen LogP contribution in [0.15, 0.2) is 35.7 Å². The van der Waals surface area contributed by atoms with Crippen LogP contribution < -0.4 is 14.8 Å². The number of benzene rings is 1. The highest BCUT2D eigenvalue weighted by molar-refractivity contribution is 7.10. The Balaban J connectivity index is 1.40. The predicted molar refractivity (Wildman–Crippen MR) is 102 cm³/mol. The molecule has 27 heavy (non-hydrogen) atoms. The van der Waals surface area contributed by atoms with Crippen molar-refractivity contribution in [3.8, 4) is 11.5 Å². The Kier molecular flexibility index (Phi) is 4.78. The second-order valence-corrected chi connectivity index (χ2v) is 7.66. The Bertz CT molecular complexity index is 848. The molecule has 0 radical (unpaired) electrons. The van der Waals surface area contributed by atoms with Gasteiger partial charge < -0.3 is 14.8 Å². The van der Waals surface area contributed by atoms with Gasteiger partial charge in [-0.05, 0) is 61.9 Å². The number of fused-ring (bicyclic) bond motifs is 2. The van der Waals surface area contributed by atoms with Crippen molar-refractivity contribution < 1.29 is 19.1 Å². The first kappa shape index (κ1) is 17.9. The fraction of sp³-hybridized carbons (Fsp3) is 0.400. The monoisotopic (exact) mass is 386 g/mol. The molecule has 1 aromatic carbocycles. The Morgan fingerprint density at radius 1 is 1.15 bits per heavy atom. The number of carbonyl (C=O) groups excluding carboxylic acids is 2. The van der Waals surface area contributed by atoms with Gasteiger partial charge in [0.25, 0.3) is 5.91 Å². The van der Waals surface area contributed by atoms with Crippen molar-refractivity contribution in [1.82, 2.24) is 10.2 Å². The minimum Gasteiger partial charge on any atom is -0.494 e. The minimum absolute atomic E-state index is 0.165. The maximum Gasteiger partial charge on any atom is 0.325 e. The number of hydrogen-bond acceptors (Lipinski definition) is 5. The number of ether oxygens (including phenoxy) is 2. The highest BCUT2D eigenvalue weighted by atomic mass is 32.1. The van der Waals surface area contributed by atoms with Gasteiger partial charge in [-0.2, -0.15) is 0 Å². The van der Waals surface area contributed by atoms with E-state index in [-0.39, 0.29) is 25.1 Å². The topological polar surface area (TPSA) is 67.9 Å². The SMILES string of the molecule is CCOc1ccc(OCCN2C(=O)NC3(CCCc4sccc43)C2=O)cc1. The largest absolute Gasteiger partial charge is 0.494 e. The van der Waals surface area contributed by atoms with Gasteiger partial charge in [0.2, 0.25) is 0 Å². The fourth-order valence-corrected chi connectivity index (χ4v) is 4.80. The number of hydrogen-bond donors (Lipinski definition) is 1. The van der Waals surface area contributed by atoms with E-state index in [4.69, 9.17) is 9.47 Å². The maximum atomic E-state index is 13.1. The number of urea groups is 1. The first-order chi connectivity index (χ1) is 13.1. The standard InChI is InChI=1S/C20H22N2O4S/c1-2-25-14-5-7-15(8-6-14)26-12-11-22-18(23)20(21-19(22)24)10-3-4-17-16(20)9-13-27-17/h5-9,13H,2-4,10-12H2,1H3,(H,21,24). The van der Waals surface area contributed by atoms with E-state index in [1.807, 2.05) is 42.6 Å². The molecule has 6 nitrogen and oxygen atoms in total. The molecular formula is C20H22N2O4S. The molecule has 1 atom stereocenters. The van der Waals surface area contributed by atoms with Crippen molar-refractivity contribution in [2.24, 2.45) is 0 Å². The van der Waals surface area contributed by atoms with Gasteiger partial charge in [0.15, 0.2) is 0 Å². The summed E-state index contributed by atoms with van der Waals surface area (Å²) >= 11 is 1.65. The molecule has 1 fully saturated rings. The molecule has 1 aliphatic carbocycles. The van der Waals surface area contributed by atoms with Gasteiger partial charge >= 0.3 is 6.03 Å². The van der Waals surface area contributed by atoms with Crippen LogP contribution in [0.3, 0.4) is 0 Å². The molecule has 2 aliphatic rings. The Labute approximate surface area is 162 Å². The molecule has 0 bridgehead atoms. The number of thiophene rings is 1. The predicted octanol–water partition coefficient (Wildman–Crippen LogP) is 3.31. The zero-order valence-corrected chi connectivity index (χ0v) is 16.0. The Hall–Kier alpha value is -2.54. The van der Waals surface area contributed by atoms with Crippen LogP contribution in [-0.2, 0) is 16.8 Å². The normalized spacial score (nSPS) is 21.3. The molecule has 1 unspecified atom stereocenters. The quantitative estimate of drug-likeness (QED) is 0.774. The highest BCUT2D eigenvalue weighted by Crippen LogP contribution is 2.42. The van der Waals surface area contributed by atoms with E-state index < -0.39 is 5.54 Å². The third kappa shape index (κ3) is 3.16. The third-order valence-electron chi connectivity index (χ3n) is 5.05. The van der Waals surface area contributed by atoms with Gasteiger partial charge in [-0.3, -0.25) is 9.69 Å². The molecule has 2 heterocycles. The molecule has 1 saturated heterocycles.